The van der Waals surface area contributed by atoms with Crippen LogP contribution in [0.2, 0.25) is 0 Å². The Balaban J connectivity index is 1.75. The van der Waals surface area contributed by atoms with Crippen LogP contribution in [-0.4, -0.2) is 37.0 Å². The molecule has 0 bridgehead atoms. The molecule has 0 fully saturated rings. The van der Waals surface area contributed by atoms with Gasteiger partial charge in [-0.1, -0.05) is 44.0 Å². The number of nitrogen functional groups attached to an aromatic ring is 1. The van der Waals surface area contributed by atoms with Crippen molar-refractivity contribution in [2.75, 3.05) is 12.8 Å². The Hall–Kier alpha value is -2.47. The maximum atomic E-state index is 6.14. The summed E-state index contributed by atoms with van der Waals surface area (Å²) in [6, 6.07) is 8.78. The van der Waals surface area contributed by atoms with Gasteiger partial charge in [-0.15, -0.1) is 0 Å². The lowest BCUT2D eigenvalue weighted by Crippen LogP contribution is -2.37. The highest BCUT2D eigenvalue weighted by molar-refractivity contribution is 5.81. The third-order valence-electron chi connectivity index (χ3n) is 5.48. The van der Waals surface area contributed by atoms with E-state index >= 15 is 0 Å². The number of aromatic nitrogens is 4. The normalized spacial score (nSPS) is 12.2. The third kappa shape index (κ3) is 5.32. The van der Waals surface area contributed by atoms with Gasteiger partial charge in [-0.3, -0.25) is 4.90 Å². The summed E-state index contributed by atoms with van der Waals surface area (Å²) in [5, 5.41) is 0. The topological polar surface area (TPSA) is 72.9 Å². The van der Waals surface area contributed by atoms with E-state index in [2.05, 4.69) is 78.4 Å². The Morgan fingerprint density at radius 2 is 1.72 bits per heavy atom. The molecule has 0 aliphatic heterocycles. The van der Waals surface area contributed by atoms with Crippen molar-refractivity contribution >= 4 is 17.0 Å². The number of fused-ring (bicyclic) bond motifs is 1. The maximum absolute atomic E-state index is 6.14. The molecule has 0 aliphatic rings. The molecule has 0 aliphatic carbocycles. The lowest BCUT2D eigenvalue weighted by atomic mass is 10.0. The molecule has 3 aromatic rings. The minimum atomic E-state index is 0.156. The van der Waals surface area contributed by atoms with Crippen LogP contribution in [0.4, 0.5) is 5.82 Å². The lowest BCUT2D eigenvalue weighted by Gasteiger charge is -2.31. The fourth-order valence-electron chi connectivity index (χ4n) is 3.23. The first kappa shape index (κ1) is 21.2. The Bertz CT molecular complexity index is 936. The van der Waals surface area contributed by atoms with Gasteiger partial charge in [0, 0.05) is 18.5 Å². The molecule has 0 atom stereocenters. The van der Waals surface area contributed by atoms with Gasteiger partial charge in [0.05, 0.1) is 12.9 Å². The third-order valence-corrected chi connectivity index (χ3v) is 5.48. The van der Waals surface area contributed by atoms with E-state index < -0.39 is 0 Å². The largest absolute Gasteiger partial charge is 0.382 e. The van der Waals surface area contributed by atoms with Gasteiger partial charge in [0.15, 0.2) is 11.5 Å². The molecule has 156 valence electrons. The van der Waals surface area contributed by atoms with Crippen molar-refractivity contribution in [2.24, 2.45) is 0 Å². The molecular weight excluding hydrogens is 360 g/mol. The number of aryl methyl sites for hydroxylation is 1. The van der Waals surface area contributed by atoms with Gasteiger partial charge >= 0.3 is 0 Å². The molecule has 0 amide bonds. The van der Waals surface area contributed by atoms with Crippen LogP contribution in [0.5, 0.6) is 0 Å². The summed E-state index contributed by atoms with van der Waals surface area (Å²) in [6.45, 7) is 10.5. The molecule has 6 nitrogen and oxygen atoms in total. The lowest BCUT2D eigenvalue weighted by molar-refractivity contribution is 0.167. The second-order valence-electron chi connectivity index (χ2n) is 8.87. The first-order valence-corrected chi connectivity index (χ1v) is 10.5. The summed E-state index contributed by atoms with van der Waals surface area (Å²) < 4.78 is 2.06. The van der Waals surface area contributed by atoms with Crippen molar-refractivity contribution in [3.8, 4) is 0 Å². The van der Waals surface area contributed by atoms with E-state index in [0.29, 0.717) is 11.3 Å². The number of nitrogens with zero attached hydrogens (tertiary/aromatic N) is 5. The van der Waals surface area contributed by atoms with Crippen molar-refractivity contribution < 1.29 is 0 Å². The zero-order valence-corrected chi connectivity index (χ0v) is 18.4. The number of rotatable bonds is 8. The Labute approximate surface area is 174 Å². The SMILES string of the molecule is CCCCCc1nc(N)c2ncn(Cc3ccc(CN(C)C(C)(C)C)cc3)c2n1. The standard InChI is InChI=1S/C23H34N6/c1-6-7-8-9-19-26-21(24)20-22(27-19)29(16-25-20)15-18-12-10-17(11-13-18)14-28(5)23(2,3)4/h10-13,16H,6-9,14-15H2,1-5H3,(H2,24,26,27). The van der Waals surface area contributed by atoms with Crippen LogP contribution in [0.25, 0.3) is 11.2 Å². The smallest absolute Gasteiger partial charge is 0.166 e. The summed E-state index contributed by atoms with van der Waals surface area (Å²) in [4.78, 5) is 16.0. The van der Waals surface area contributed by atoms with Gasteiger partial charge in [-0.25, -0.2) is 15.0 Å². The Morgan fingerprint density at radius 1 is 1.03 bits per heavy atom. The molecule has 0 unspecified atom stereocenters. The predicted molar refractivity (Wildman–Crippen MR) is 120 cm³/mol. The molecule has 3 rings (SSSR count). The molecule has 2 N–H and O–H groups in total. The fourth-order valence-corrected chi connectivity index (χ4v) is 3.23. The van der Waals surface area contributed by atoms with Crippen LogP contribution >= 0.6 is 0 Å². The van der Waals surface area contributed by atoms with Gasteiger partial charge in [0.2, 0.25) is 0 Å². The predicted octanol–water partition coefficient (Wildman–Crippen LogP) is 4.42. The molecule has 0 spiro atoms. The molecule has 2 aromatic heterocycles. The van der Waals surface area contributed by atoms with Crippen LogP contribution in [0, 0.1) is 0 Å². The van der Waals surface area contributed by atoms with Crippen molar-refractivity contribution in [1.82, 2.24) is 24.4 Å². The first-order valence-electron chi connectivity index (χ1n) is 10.5. The van der Waals surface area contributed by atoms with Gasteiger partial charge in [0.25, 0.3) is 0 Å². The summed E-state index contributed by atoms with van der Waals surface area (Å²) >= 11 is 0. The van der Waals surface area contributed by atoms with Crippen molar-refractivity contribution in [3.05, 3.63) is 47.5 Å². The molecular formula is C23H34N6. The van der Waals surface area contributed by atoms with Crippen LogP contribution in [0.1, 0.15) is 63.9 Å². The average Bonchev–Trinajstić information content (AvgIpc) is 3.06. The van der Waals surface area contributed by atoms with E-state index in [0.717, 1.165) is 37.4 Å². The molecule has 6 heteroatoms. The number of hydrogen-bond donors (Lipinski definition) is 1. The number of imidazole rings is 1. The Morgan fingerprint density at radius 3 is 2.38 bits per heavy atom. The Kier molecular flexibility index (Phi) is 6.52. The number of anilines is 1. The van der Waals surface area contributed by atoms with E-state index in [1.165, 1.54) is 24.0 Å². The van der Waals surface area contributed by atoms with Crippen LogP contribution in [0.15, 0.2) is 30.6 Å². The summed E-state index contributed by atoms with van der Waals surface area (Å²) in [5.74, 6) is 1.28. The van der Waals surface area contributed by atoms with Crippen LogP contribution < -0.4 is 5.73 Å². The van der Waals surface area contributed by atoms with Crippen molar-refractivity contribution in [2.45, 2.75) is 72.0 Å². The molecule has 0 radical (unpaired) electrons. The number of hydrogen-bond acceptors (Lipinski definition) is 5. The fraction of sp³-hybridized carbons (Fsp3) is 0.522. The van der Waals surface area contributed by atoms with E-state index in [1.54, 1.807) is 0 Å². The van der Waals surface area contributed by atoms with Gasteiger partial charge in [-0.05, 0) is 45.4 Å². The van der Waals surface area contributed by atoms with E-state index in [1.807, 2.05) is 6.33 Å². The van der Waals surface area contributed by atoms with E-state index in [9.17, 15) is 0 Å². The summed E-state index contributed by atoms with van der Waals surface area (Å²) in [7, 11) is 2.16. The number of nitrogens with two attached hydrogens (primary N) is 1. The molecule has 0 saturated heterocycles. The zero-order chi connectivity index (χ0) is 21.0. The maximum Gasteiger partial charge on any atom is 0.166 e. The minimum Gasteiger partial charge on any atom is -0.382 e. The van der Waals surface area contributed by atoms with Crippen molar-refractivity contribution in [3.63, 3.8) is 0 Å². The summed E-state index contributed by atoms with van der Waals surface area (Å²) in [5.41, 5.74) is 10.3. The number of benzene rings is 1. The van der Waals surface area contributed by atoms with Gasteiger partial charge < -0.3 is 10.3 Å². The highest BCUT2D eigenvalue weighted by Gasteiger charge is 2.17. The highest BCUT2D eigenvalue weighted by Crippen LogP contribution is 2.19. The van der Waals surface area contributed by atoms with Crippen LogP contribution in [-0.2, 0) is 19.5 Å². The molecule has 1 aromatic carbocycles. The number of unbranched alkanes of at least 4 members (excludes halogenated alkanes) is 2. The second-order valence-corrected chi connectivity index (χ2v) is 8.87. The monoisotopic (exact) mass is 394 g/mol. The van der Waals surface area contributed by atoms with Crippen LogP contribution in [0.3, 0.4) is 0 Å². The molecule has 0 saturated carbocycles. The summed E-state index contributed by atoms with van der Waals surface area (Å²) in [6.07, 6.45) is 6.11. The molecule has 2 heterocycles. The van der Waals surface area contributed by atoms with E-state index in [4.69, 9.17) is 10.7 Å². The second kappa shape index (κ2) is 8.91. The first-order chi connectivity index (χ1) is 13.8. The minimum absolute atomic E-state index is 0.156. The average molecular weight is 395 g/mol. The van der Waals surface area contributed by atoms with Gasteiger partial charge in [-0.2, -0.15) is 0 Å². The zero-order valence-electron chi connectivity index (χ0n) is 18.4. The molecule has 29 heavy (non-hydrogen) atoms. The van der Waals surface area contributed by atoms with E-state index in [-0.39, 0.29) is 5.54 Å². The quantitative estimate of drug-likeness (QED) is 0.573. The van der Waals surface area contributed by atoms with Gasteiger partial charge in [0.1, 0.15) is 11.3 Å². The van der Waals surface area contributed by atoms with Crippen molar-refractivity contribution in [1.29, 1.82) is 0 Å². The highest BCUT2D eigenvalue weighted by atomic mass is 15.2.